The monoisotopic (exact) mass is 911 g/mol. The van der Waals surface area contributed by atoms with Gasteiger partial charge < -0.3 is 61.1 Å². The van der Waals surface area contributed by atoms with Gasteiger partial charge in [-0.3, -0.25) is 32.5 Å². The Balaban J connectivity index is 1.45. The zero-order valence-corrected chi connectivity index (χ0v) is 34.1. The number of hydrogen-bond acceptors (Lipinski definition) is 20. The summed E-state index contributed by atoms with van der Waals surface area (Å²) in [5.41, 5.74) is 4.19. The molecule has 0 bridgehead atoms. The predicted octanol–water partition coefficient (Wildman–Crippen LogP) is -1.72. The molecule has 2 aromatic rings. The van der Waals surface area contributed by atoms with Gasteiger partial charge in [0.2, 0.25) is 11.8 Å². The number of carbonyl (C=O) groups excluding carboxylic acids is 3. The molecule has 0 aliphatic carbocycles. The molecule has 12 N–H and O–H groups in total. The van der Waals surface area contributed by atoms with E-state index in [0.717, 1.165) is 29.0 Å². The van der Waals surface area contributed by atoms with E-state index >= 15 is 0 Å². The van der Waals surface area contributed by atoms with Gasteiger partial charge >= 0.3 is 29.4 Å². The molecule has 27 nitrogen and oxygen atoms in total. The average molecular weight is 912 g/mol. The molecule has 0 radical (unpaired) electrons. The number of hydrogen-bond donors (Lipinski definition) is 11. The number of nitrogen functional groups attached to an aromatic ring is 1. The molecule has 328 valence electrons. The molecule has 8 atom stereocenters. The second-order valence-electron chi connectivity index (χ2n) is 13.0. The number of phosphoric ester groups is 3. The van der Waals surface area contributed by atoms with E-state index in [4.69, 9.17) is 24.6 Å². The molecule has 0 aromatic carbocycles. The van der Waals surface area contributed by atoms with Gasteiger partial charge in [-0.25, -0.2) is 33.4 Å². The topological polar surface area (TPSA) is 421 Å². The Morgan fingerprint density at radius 1 is 1.02 bits per heavy atom. The number of nitrogens with two attached hydrogens (primary N) is 1. The first kappa shape index (κ1) is 49.4. The van der Waals surface area contributed by atoms with E-state index in [0.29, 0.717) is 0 Å². The third-order valence-electron chi connectivity index (χ3n) is 7.91. The summed E-state index contributed by atoms with van der Waals surface area (Å²) < 4.78 is 62.0. The first-order chi connectivity index (χ1) is 26.8. The average Bonchev–Trinajstić information content (AvgIpc) is 3.68. The molecular formula is C27H44N7O20P3S. The molecule has 3 unspecified atom stereocenters. The van der Waals surface area contributed by atoms with Crippen LogP contribution in [0.2, 0.25) is 0 Å². The summed E-state index contributed by atoms with van der Waals surface area (Å²) in [6.07, 6.45) is -8.56. The maximum absolute atomic E-state index is 12.7. The van der Waals surface area contributed by atoms with E-state index in [1.54, 1.807) is 0 Å². The summed E-state index contributed by atoms with van der Waals surface area (Å²) in [5, 5.41) is 43.8. The number of ether oxygens (including phenoxy) is 1. The van der Waals surface area contributed by atoms with E-state index in [9.17, 15) is 67.8 Å². The van der Waals surface area contributed by atoms with Gasteiger partial charge in [-0.15, -0.1) is 0 Å². The lowest BCUT2D eigenvalue weighted by Crippen LogP contribution is -2.46. The highest BCUT2D eigenvalue weighted by Gasteiger charge is 2.50. The van der Waals surface area contributed by atoms with Crippen LogP contribution in [0.25, 0.3) is 11.2 Å². The number of nitrogens with zero attached hydrogens (tertiary/aromatic N) is 4. The Labute approximate surface area is 332 Å². The van der Waals surface area contributed by atoms with Crippen LogP contribution < -0.4 is 16.4 Å². The number of nitrogens with one attached hydrogen (secondary N) is 2. The molecule has 2 amide bonds. The highest BCUT2D eigenvalue weighted by Crippen LogP contribution is 2.61. The number of aliphatic hydroxyl groups is 3. The maximum Gasteiger partial charge on any atom is 0.481 e. The lowest BCUT2D eigenvalue weighted by Gasteiger charge is -2.30. The Kier molecular flexibility index (Phi) is 17.9. The molecule has 1 saturated heterocycles. The third-order valence-corrected chi connectivity index (χ3v) is 11.9. The second-order valence-corrected chi connectivity index (χ2v) is 18.4. The molecule has 0 spiro atoms. The van der Waals surface area contributed by atoms with Crippen molar-refractivity contribution in [2.45, 2.75) is 76.3 Å². The van der Waals surface area contributed by atoms with Crippen molar-refractivity contribution < 1.29 is 95.5 Å². The van der Waals surface area contributed by atoms with Gasteiger partial charge in [0, 0.05) is 37.1 Å². The van der Waals surface area contributed by atoms with Gasteiger partial charge in [-0.1, -0.05) is 25.6 Å². The zero-order valence-electron chi connectivity index (χ0n) is 30.6. The first-order valence-electron chi connectivity index (χ1n) is 16.8. The van der Waals surface area contributed by atoms with Crippen molar-refractivity contribution in [2.75, 3.05) is 37.8 Å². The van der Waals surface area contributed by atoms with Crippen molar-refractivity contribution in [3.05, 3.63) is 12.7 Å². The van der Waals surface area contributed by atoms with Gasteiger partial charge in [0.05, 0.1) is 19.5 Å². The van der Waals surface area contributed by atoms with Crippen molar-refractivity contribution in [1.29, 1.82) is 0 Å². The number of anilines is 1. The first-order valence-corrected chi connectivity index (χ1v) is 22.3. The van der Waals surface area contributed by atoms with E-state index in [1.165, 1.54) is 13.8 Å². The van der Waals surface area contributed by atoms with Gasteiger partial charge in [-0.2, -0.15) is 4.31 Å². The van der Waals surface area contributed by atoms with E-state index in [1.807, 2.05) is 0 Å². The van der Waals surface area contributed by atoms with Crippen molar-refractivity contribution >= 4 is 75.1 Å². The standard InChI is InChI=1S/C27H44N7O20P3S/c1-27(2,21(39)24(40)30-7-6-16(36)29-8-9-58-17(37)5-3-4-14(35)26(41)42)11-51-57(48,49)54-56(46,47)50-10-15-20(53-55(43,44)45)19(38)25(52-15)34-13-33-18-22(28)31-12-32-23(18)34/h12-15,19-21,25,35,38-39H,3-11H2,1-2H3,(H,29,36)(H,30,40)(H,41,42)(H,46,47)(H,48,49)(H2,28,31,32)(H2,43,44,45)/t14?,15-,19-,20-,21+,25-/m1/s1. The van der Waals surface area contributed by atoms with Crippen LogP contribution in [-0.4, -0.2) is 145 Å². The van der Waals surface area contributed by atoms with Gasteiger partial charge in [0.15, 0.2) is 28.9 Å². The molecule has 3 heterocycles. The van der Waals surface area contributed by atoms with Crippen molar-refractivity contribution in [3.63, 3.8) is 0 Å². The number of phosphoric acid groups is 3. The second kappa shape index (κ2) is 21.0. The number of aliphatic hydroxyl groups excluding tert-OH is 3. The van der Waals surface area contributed by atoms with Crippen molar-refractivity contribution in [2.24, 2.45) is 5.41 Å². The molecule has 31 heteroatoms. The molecule has 3 rings (SSSR count). The summed E-state index contributed by atoms with van der Waals surface area (Å²) in [6.45, 7) is 0.196. The minimum absolute atomic E-state index is 0.0168. The van der Waals surface area contributed by atoms with E-state index in [-0.39, 0.29) is 66.6 Å². The normalized spacial score (nSPS) is 21.8. The predicted molar refractivity (Wildman–Crippen MR) is 195 cm³/mol. The van der Waals surface area contributed by atoms with Crippen molar-refractivity contribution in [3.8, 4) is 0 Å². The lowest BCUT2D eigenvalue weighted by atomic mass is 9.87. The highest BCUT2D eigenvalue weighted by molar-refractivity contribution is 8.13. The largest absolute Gasteiger partial charge is 0.481 e. The van der Waals surface area contributed by atoms with Crippen LogP contribution in [-0.2, 0) is 55.5 Å². The fourth-order valence-corrected chi connectivity index (χ4v) is 8.48. The SMILES string of the molecule is CC(C)(COP(=O)(O)OP(=O)(O)OC[C@H]1O[C@@H](n2cnc3c(N)ncnc32)[C@H](O)[C@@H]1OP(=O)(O)O)[C@@H](O)C(=O)NCCC(=O)NCCSC(=O)CCCC(O)C(=O)O. The van der Waals surface area contributed by atoms with Crippen LogP contribution >= 0.6 is 35.2 Å². The summed E-state index contributed by atoms with van der Waals surface area (Å²) in [4.78, 5) is 97.9. The zero-order chi connectivity index (χ0) is 43.6. The lowest BCUT2D eigenvalue weighted by molar-refractivity contribution is -0.147. The fourth-order valence-electron chi connectivity index (χ4n) is 4.93. The van der Waals surface area contributed by atoms with Crippen LogP contribution in [0.4, 0.5) is 5.82 Å². The number of imidazole rings is 1. The van der Waals surface area contributed by atoms with Gasteiger partial charge in [-0.05, 0) is 12.8 Å². The van der Waals surface area contributed by atoms with Gasteiger partial charge in [0.25, 0.3) is 0 Å². The molecule has 1 aliphatic rings. The number of rotatable bonds is 24. The molecule has 1 aliphatic heterocycles. The van der Waals surface area contributed by atoms with Crippen LogP contribution in [0.1, 0.15) is 45.8 Å². The minimum atomic E-state index is -5.59. The summed E-state index contributed by atoms with van der Waals surface area (Å²) in [5.74, 6) is -2.78. The Morgan fingerprint density at radius 3 is 2.34 bits per heavy atom. The van der Waals surface area contributed by atoms with E-state index in [2.05, 4.69) is 34.4 Å². The maximum atomic E-state index is 12.7. The summed E-state index contributed by atoms with van der Waals surface area (Å²) in [6, 6.07) is 0. The Morgan fingerprint density at radius 2 is 1.69 bits per heavy atom. The Bertz CT molecular complexity index is 1920. The van der Waals surface area contributed by atoms with Crippen molar-refractivity contribution in [1.82, 2.24) is 30.2 Å². The Hall–Kier alpha value is -3.01. The smallest absolute Gasteiger partial charge is 0.479 e. The van der Waals surface area contributed by atoms with Gasteiger partial charge in [0.1, 0.15) is 36.3 Å². The number of carbonyl (C=O) groups is 4. The van der Waals surface area contributed by atoms with Crippen LogP contribution in [0.5, 0.6) is 0 Å². The summed E-state index contributed by atoms with van der Waals surface area (Å²) >= 11 is 0.901. The fraction of sp³-hybridized carbons (Fsp3) is 0.667. The molecule has 2 aromatic heterocycles. The molecular weight excluding hydrogens is 867 g/mol. The number of carboxylic acids is 1. The number of amides is 2. The summed E-state index contributed by atoms with van der Waals surface area (Å²) in [7, 11) is -16.5. The van der Waals surface area contributed by atoms with Crippen LogP contribution in [0, 0.1) is 5.41 Å². The minimum Gasteiger partial charge on any atom is -0.479 e. The van der Waals surface area contributed by atoms with Crippen LogP contribution in [0.3, 0.4) is 0 Å². The highest BCUT2D eigenvalue weighted by atomic mass is 32.2. The van der Waals surface area contributed by atoms with Crippen LogP contribution in [0.15, 0.2) is 12.7 Å². The molecule has 1 fully saturated rings. The quantitative estimate of drug-likeness (QED) is 0.0412. The number of thioether (sulfide) groups is 1. The number of fused-ring (bicyclic) bond motifs is 1. The van der Waals surface area contributed by atoms with E-state index < -0.39 is 96.6 Å². The molecule has 0 saturated carbocycles. The molecule has 58 heavy (non-hydrogen) atoms. The number of aromatic nitrogens is 4. The third kappa shape index (κ3) is 15.2. The number of aliphatic carboxylic acids is 1. The number of carboxylic acid groups (broad SMARTS) is 1.